The van der Waals surface area contributed by atoms with Crippen LogP contribution >= 0.6 is 0 Å². The van der Waals surface area contributed by atoms with E-state index in [2.05, 4.69) is 5.32 Å². The van der Waals surface area contributed by atoms with Crippen molar-refractivity contribution in [3.05, 3.63) is 29.3 Å². The summed E-state index contributed by atoms with van der Waals surface area (Å²) >= 11 is 0. The first-order chi connectivity index (χ1) is 9.55. The van der Waals surface area contributed by atoms with Crippen LogP contribution in [0.5, 0.6) is 0 Å². The van der Waals surface area contributed by atoms with Gasteiger partial charge in [-0.15, -0.1) is 0 Å². The van der Waals surface area contributed by atoms with Crippen molar-refractivity contribution in [2.75, 3.05) is 18.4 Å². The number of carbonyl (C=O) groups excluding carboxylic acids is 1. The molecule has 0 atom stereocenters. The van der Waals surface area contributed by atoms with E-state index in [-0.39, 0.29) is 24.2 Å². The Bertz CT molecular complexity index is 651. The highest BCUT2D eigenvalue weighted by molar-refractivity contribution is 5.91. The molecular weight excluding hydrogens is 260 g/mol. The smallest absolute Gasteiger partial charge is 0.321 e. The molecule has 1 aliphatic heterocycles. The van der Waals surface area contributed by atoms with Gasteiger partial charge in [0.2, 0.25) is 0 Å². The molecule has 1 heterocycles. The van der Waals surface area contributed by atoms with E-state index in [0.29, 0.717) is 5.69 Å². The highest BCUT2D eigenvalue weighted by Crippen LogP contribution is 2.19. The number of likely N-dealkylation sites (tertiary alicyclic amines) is 1. The van der Waals surface area contributed by atoms with Gasteiger partial charge in [0, 0.05) is 18.8 Å². The summed E-state index contributed by atoms with van der Waals surface area (Å²) in [5.41, 5.74) is 0.807. The second-order valence-corrected chi connectivity index (χ2v) is 4.35. The van der Waals surface area contributed by atoms with Crippen molar-refractivity contribution in [1.29, 1.82) is 10.5 Å². The topological polar surface area (TPSA) is 117 Å². The van der Waals surface area contributed by atoms with Gasteiger partial charge in [-0.05, 0) is 18.2 Å². The van der Waals surface area contributed by atoms with Crippen molar-refractivity contribution >= 4 is 17.7 Å². The van der Waals surface area contributed by atoms with E-state index >= 15 is 0 Å². The lowest BCUT2D eigenvalue weighted by molar-refractivity contribution is -0.145. The number of nitrogens with one attached hydrogen (secondary N) is 1. The molecular formula is C13H10N4O3. The summed E-state index contributed by atoms with van der Waals surface area (Å²) in [5, 5.41) is 29.0. The Morgan fingerprint density at radius 2 is 1.90 bits per heavy atom. The van der Waals surface area contributed by atoms with Gasteiger partial charge in [0.15, 0.2) is 0 Å². The van der Waals surface area contributed by atoms with Crippen LogP contribution in [0.15, 0.2) is 18.2 Å². The molecule has 7 heteroatoms. The van der Waals surface area contributed by atoms with E-state index in [4.69, 9.17) is 15.6 Å². The minimum Gasteiger partial charge on any atom is -0.481 e. The number of aliphatic carboxylic acids is 1. The number of nitriles is 2. The number of nitrogens with zero attached hydrogens (tertiary/aromatic N) is 3. The summed E-state index contributed by atoms with van der Waals surface area (Å²) in [4.78, 5) is 23.8. The van der Waals surface area contributed by atoms with Crippen LogP contribution < -0.4 is 5.32 Å². The Morgan fingerprint density at radius 3 is 2.45 bits per heavy atom. The van der Waals surface area contributed by atoms with Gasteiger partial charge < -0.3 is 15.3 Å². The van der Waals surface area contributed by atoms with Crippen molar-refractivity contribution in [3.63, 3.8) is 0 Å². The fraction of sp³-hybridized carbons (Fsp3) is 0.231. The maximum absolute atomic E-state index is 11.8. The van der Waals surface area contributed by atoms with Crippen LogP contribution in [-0.2, 0) is 4.79 Å². The fourth-order valence-corrected chi connectivity index (χ4v) is 1.82. The Hall–Kier alpha value is -3.06. The molecule has 0 bridgehead atoms. The first-order valence-electron chi connectivity index (χ1n) is 5.78. The molecule has 0 spiro atoms. The van der Waals surface area contributed by atoms with Gasteiger partial charge in [-0.2, -0.15) is 10.5 Å². The number of carboxylic acids is 1. The average molecular weight is 270 g/mol. The summed E-state index contributed by atoms with van der Waals surface area (Å²) < 4.78 is 0. The number of amides is 2. The normalized spacial score (nSPS) is 13.8. The zero-order chi connectivity index (χ0) is 14.7. The van der Waals surface area contributed by atoms with Crippen molar-refractivity contribution in [2.45, 2.75) is 0 Å². The van der Waals surface area contributed by atoms with Crippen molar-refractivity contribution in [1.82, 2.24) is 4.90 Å². The van der Waals surface area contributed by atoms with Crippen LogP contribution in [0.4, 0.5) is 10.5 Å². The number of benzene rings is 1. The van der Waals surface area contributed by atoms with E-state index < -0.39 is 17.9 Å². The number of carboxylic acid groups (broad SMARTS) is 1. The number of carbonyl (C=O) groups is 2. The number of urea groups is 1. The van der Waals surface area contributed by atoms with Crippen molar-refractivity contribution in [2.24, 2.45) is 5.92 Å². The summed E-state index contributed by atoms with van der Waals surface area (Å²) in [6, 6.07) is 7.71. The first kappa shape index (κ1) is 13.4. The maximum atomic E-state index is 11.8. The monoisotopic (exact) mass is 270 g/mol. The predicted molar refractivity (Wildman–Crippen MR) is 67.6 cm³/mol. The minimum absolute atomic E-state index is 0.169. The Morgan fingerprint density at radius 1 is 1.25 bits per heavy atom. The molecule has 0 unspecified atom stereocenters. The van der Waals surface area contributed by atoms with Gasteiger partial charge in [0.1, 0.15) is 12.1 Å². The lowest BCUT2D eigenvalue weighted by atomic mass is 10.0. The van der Waals surface area contributed by atoms with Crippen molar-refractivity contribution < 1.29 is 14.7 Å². The van der Waals surface area contributed by atoms with E-state index in [1.807, 2.05) is 12.1 Å². The van der Waals surface area contributed by atoms with Crippen LogP contribution in [0.3, 0.4) is 0 Å². The quantitative estimate of drug-likeness (QED) is 0.830. The predicted octanol–water partition coefficient (Wildman–Crippen LogP) is 0.978. The summed E-state index contributed by atoms with van der Waals surface area (Å²) in [5.74, 6) is -1.43. The van der Waals surface area contributed by atoms with Gasteiger partial charge in [-0.25, -0.2) is 4.79 Å². The van der Waals surface area contributed by atoms with Crippen molar-refractivity contribution in [3.8, 4) is 12.1 Å². The molecule has 2 N–H and O–H groups in total. The average Bonchev–Trinajstić information content (AvgIpc) is 2.36. The van der Waals surface area contributed by atoms with Gasteiger partial charge in [-0.3, -0.25) is 4.79 Å². The highest BCUT2D eigenvalue weighted by atomic mass is 16.4. The van der Waals surface area contributed by atoms with E-state index in [1.54, 1.807) is 0 Å². The second kappa shape index (κ2) is 5.29. The molecule has 0 aliphatic carbocycles. The maximum Gasteiger partial charge on any atom is 0.321 e. The molecule has 2 amide bonds. The third kappa shape index (κ3) is 2.52. The molecule has 0 radical (unpaired) electrons. The van der Waals surface area contributed by atoms with Crippen LogP contribution in [0.1, 0.15) is 11.1 Å². The second-order valence-electron chi connectivity index (χ2n) is 4.35. The Labute approximate surface area is 114 Å². The molecule has 1 aromatic carbocycles. The molecule has 0 aromatic heterocycles. The lowest BCUT2D eigenvalue weighted by Gasteiger charge is -2.36. The number of hydrogen-bond acceptors (Lipinski definition) is 4. The summed E-state index contributed by atoms with van der Waals surface area (Å²) in [7, 11) is 0. The third-order valence-corrected chi connectivity index (χ3v) is 3.03. The van der Waals surface area contributed by atoms with Crippen LogP contribution in [0.2, 0.25) is 0 Å². The summed E-state index contributed by atoms with van der Waals surface area (Å²) in [6.45, 7) is 0.338. The Kier molecular flexibility index (Phi) is 3.54. The molecule has 1 aromatic rings. The van der Waals surface area contributed by atoms with Gasteiger partial charge in [0.25, 0.3) is 0 Å². The first-order valence-corrected chi connectivity index (χ1v) is 5.78. The molecule has 0 saturated carbocycles. The summed E-state index contributed by atoms with van der Waals surface area (Å²) in [6.07, 6.45) is 0. The van der Waals surface area contributed by atoms with Gasteiger partial charge in [-0.1, -0.05) is 0 Å². The van der Waals surface area contributed by atoms with E-state index in [1.165, 1.54) is 23.1 Å². The lowest BCUT2D eigenvalue weighted by Crippen LogP contribution is -2.54. The van der Waals surface area contributed by atoms with Crippen LogP contribution in [-0.4, -0.2) is 35.1 Å². The van der Waals surface area contributed by atoms with E-state index in [0.717, 1.165) is 0 Å². The number of anilines is 1. The zero-order valence-electron chi connectivity index (χ0n) is 10.3. The molecule has 7 nitrogen and oxygen atoms in total. The third-order valence-electron chi connectivity index (χ3n) is 3.03. The van der Waals surface area contributed by atoms with Gasteiger partial charge >= 0.3 is 12.0 Å². The largest absolute Gasteiger partial charge is 0.481 e. The highest BCUT2D eigenvalue weighted by Gasteiger charge is 2.35. The molecule has 20 heavy (non-hydrogen) atoms. The SMILES string of the molecule is N#Cc1ccc(NC(=O)N2CC(C(=O)O)C2)cc1C#N. The fourth-order valence-electron chi connectivity index (χ4n) is 1.82. The standard InChI is InChI=1S/C13H10N4O3/c14-4-8-1-2-11(3-9(8)5-15)16-13(20)17-6-10(7-17)12(18)19/h1-3,10H,6-7H2,(H,16,20)(H,18,19). The molecule has 1 aliphatic rings. The molecule has 2 rings (SSSR count). The number of hydrogen-bond donors (Lipinski definition) is 2. The van der Waals surface area contributed by atoms with Gasteiger partial charge in [0.05, 0.1) is 17.0 Å². The van der Waals surface area contributed by atoms with Crippen LogP contribution in [0, 0.1) is 28.6 Å². The Balaban J connectivity index is 2.01. The molecule has 1 saturated heterocycles. The van der Waals surface area contributed by atoms with E-state index in [9.17, 15) is 9.59 Å². The number of rotatable bonds is 2. The zero-order valence-corrected chi connectivity index (χ0v) is 10.3. The van der Waals surface area contributed by atoms with Crippen LogP contribution in [0.25, 0.3) is 0 Å². The minimum atomic E-state index is -0.917. The molecule has 100 valence electrons. The molecule has 1 fully saturated rings.